The van der Waals surface area contributed by atoms with E-state index < -0.39 is 5.60 Å². The molecule has 146 valence electrons. The number of carbonyl (C=O) groups excluding carboxylic acids is 1. The number of aliphatic hydroxyl groups is 1. The Balaban J connectivity index is 1.36. The minimum absolute atomic E-state index is 0.0532. The number of fused-ring (bicyclic) bond motifs is 1. The Hall–Kier alpha value is -1.96. The molecule has 1 N–H and O–H groups in total. The van der Waals surface area contributed by atoms with Crippen LogP contribution in [0.25, 0.3) is 5.65 Å². The smallest absolute Gasteiger partial charge is 0.223 e. The molecule has 0 saturated carbocycles. The van der Waals surface area contributed by atoms with Crippen molar-refractivity contribution in [3.8, 4) is 0 Å². The van der Waals surface area contributed by atoms with Gasteiger partial charge in [0, 0.05) is 31.9 Å². The maximum atomic E-state index is 12.8. The first-order valence-electron chi connectivity index (χ1n) is 9.84. The Morgan fingerprint density at radius 1 is 1.26 bits per heavy atom. The van der Waals surface area contributed by atoms with Crippen LogP contribution in [0.4, 0.5) is 0 Å². The van der Waals surface area contributed by atoms with Crippen LogP contribution >= 0.6 is 0 Å². The highest BCUT2D eigenvalue weighted by molar-refractivity contribution is 5.76. The summed E-state index contributed by atoms with van der Waals surface area (Å²) in [5.41, 5.74) is 0.815. The number of carbonyl (C=O) groups is 1. The van der Waals surface area contributed by atoms with E-state index in [1.807, 2.05) is 35.0 Å². The number of hydrogen-bond donors (Lipinski definition) is 1. The summed E-state index contributed by atoms with van der Waals surface area (Å²) in [5, 5.41) is 11.0. The lowest BCUT2D eigenvalue weighted by molar-refractivity contribution is -0.134. The fraction of sp³-hybridized carbons (Fsp3) is 0.600. The molecule has 2 aromatic heterocycles. The first-order chi connectivity index (χ1) is 13.1. The van der Waals surface area contributed by atoms with Gasteiger partial charge in [-0.25, -0.2) is 4.98 Å². The van der Waals surface area contributed by atoms with Gasteiger partial charge in [-0.15, -0.1) is 0 Å². The van der Waals surface area contributed by atoms with Gasteiger partial charge in [0.15, 0.2) is 0 Å². The van der Waals surface area contributed by atoms with Crippen LogP contribution in [-0.4, -0.2) is 81.7 Å². The maximum Gasteiger partial charge on any atom is 0.223 e. The van der Waals surface area contributed by atoms with Crippen molar-refractivity contribution in [2.45, 2.75) is 31.3 Å². The minimum Gasteiger partial charge on any atom is -0.384 e. The Bertz CT molecular complexity index is 753. The second-order valence-electron chi connectivity index (χ2n) is 7.77. The molecular weight excluding hydrogens is 344 g/mol. The van der Waals surface area contributed by atoms with Gasteiger partial charge in [0.2, 0.25) is 5.91 Å². The van der Waals surface area contributed by atoms with Crippen molar-refractivity contribution in [3.05, 3.63) is 36.3 Å². The number of β-amino-alcohol motifs (C(OH)–C–C–N with tert-alkyl or cyclic N) is 1. The molecule has 0 radical (unpaired) electrons. The molecule has 7 heteroatoms. The van der Waals surface area contributed by atoms with E-state index in [0.29, 0.717) is 45.7 Å². The van der Waals surface area contributed by atoms with E-state index in [1.54, 1.807) is 4.90 Å². The van der Waals surface area contributed by atoms with E-state index in [4.69, 9.17) is 4.74 Å². The molecule has 0 unspecified atom stereocenters. The third kappa shape index (κ3) is 4.48. The van der Waals surface area contributed by atoms with Crippen LogP contribution in [0.1, 0.15) is 25.0 Å². The normalized spacial score (nSPS) is 24.4. The van der Waals surface area contributed by atoms with Gasteiger partial charge < -0.3 is 24.0 Å². The van der Waals surface area contributed by atoms with Crippen molar-refractivity contribution in [1.82, 2.24) is 19.2 Å². The summed E-state index contributed by atoms with van der Waals surface area (Å²) in [7, 11) is 0. The number of nitrogens with zero attached hydrogens (tertiary/aromatic N) is 4. The average Bonchev–Trinajstić information content (AvgIpc) is 3.26. The van der Waals surface area contributed by atoms with Crippen LogP contribution in [0, 0.1) is 0 Å². The summed E-state index contributed by atoms with van der Waals surface area (Å²) < 4.78 is 7.58. The van der Waals surface area contributed by atoms with Gasteiger partial charge in [0.25, 0.3) is 0 Å². The monoisotopic (exact) mass is 372 g/mol. The average molecular weight is 372 g/mol. The highest BCUT2D eigenvalue weighted by Crippen LogP contribution is 2.19. The van der Waals surface area contributed by atoms with Gasteiger partial charge in [-0.05, 0) is 44.5 Å². The lowest BCUT2D eigenvalue weighted by Gasteiger charge is -2.34. The number of aryl methyl sites for hydroxylation is 1. The van der Waals surface area contributed by atoms with Gasteiger partial charge in [0.1, 0.15) is 11.2 Å². The Morgan fingerprint density at radius 3 is 2.93 bits per heavy atom. The van der Waals surface area contributed by atoms with Gasteiger partial charge >= 0.3 is 0 Å². The number of ether oxygens (including phenoxy) is 1. The summed E-state index contributed by atoms with van der Waals surface area (Å²) in [4.78, 5) is 21.4. The minimum atomic E-state index is -0.987. The van der Waals surface area contributed by atoms with Crippen molar-refractivity contribution < 1.29 is 14.6 Å². The fourth-order valence-electron chi connectivity index (χ4n) is 4.08. The zero-order valence-electron chi connectivity index (χ0n) is 15.7. The van der Waals surface area contributed by atoms with Crippen molar-refractivity contribution in [3.63, 3.8) is 0 Å². The predicted molar refractivity (Wildman–Crippen MR) is 102 cm³/mol. The van der Waals surface area contributed by atoms with Crippen LogP contribution in [0.2, 0.25) is 0 Å². The second-order valence-corrected chi connectivity index (χ2v) is 7.77. The van der Waals surface area contributed by atoms with Crippen molar-refractivity contribution in [2.75, 3.05) is 45.9 Å². The molecule has 4 rings (SSSR count). The molecule has 0 aliphatic carbocycles. The molecule has 0 aromatic carbocycles. The van der Waals surface area contributed by atoms with Gasteiger partial charge in [-0.1, -0.05) is 6.07 Å². The lowest BCUT2D eigenvalue weighted by atomic mass is 10.0. The van der Waals surface area contributed by atoms with E-state index >= 15 is 0 Å². The highest BCUT2D eigenvalue weighted by atomic mass is 16.5. The first-order valence-corrected chi connectivity index (χ1v) is 9.84. The summed E-state index contributed by atoms with van der Waals surface area (Å²) in [6.45, 7) is 4.25. The van der Waals surface area contributed by atoms with E-state index in [-0.39, 0.29) is 5.91 Å². The molecule has 2 fully saturated rings. The molecular formula is C20H28N4O3. The lowest BCUT2D eigenvalue weighted by Crippen LogP contribution is -2.53. The van der Waals surface area contributed by atoms with Crippen LogP contribution in [0.3, 0.4) is 0 Å². The van der Waals surface area contributed by atoms with Gasteiger partial charge in [-0.3, -0.25) is 4.79 Å². The summed E-state index contributed by atoms with van der Waals surface area (Å²) in [5.74, 6) is 0.0532. The third-order valence-electron chi connectivity index (χ3n) is 5.44. The molecule has 1 atom stereocenters. The Morgan fingerprint density at radius 2 is 2.11 bits per heavy atom. The standard InChI is InChI=1S/C20H28N4O3/c25-19(7-6-17-13-23-10-2-1-5-18(23)21-17)24-11-12-27-16-20(26,15-24)14-22-8-3-4-9-22/h1-2,5,10,13,26H,3-4,6-9,11-12,14-16H2/t20-/m0/s1. The van der Waals surface area contributed by atoms with E-state index in [0.717, 1.165) is 24.4 Å². The molecule has 0 bridgehead atoms. The van der Waals surface area contributed by atoms with Crippen LogP contribution < -0.4 is 0 Å². The number of amides is 1. The molecule has 0 spiro atoms. The molecule has 2 aliphatic rings. The van der Waals surface area contributed by atoms with Crippen molar-refractivity contribution in [2.24, 2.45) is 0 Å². The summed E-state index contributed by atoms with van der Waals surface area (Å²) in [6, 6.07) is 5.87. The maximum absolute atomic E-state index is 12.8. The van der Waals surface area contributed by atoms with E-state index in [9.17, 15) is 9.90 Å². The first kappa shape index (κ1) is 18.4. The Kier molecular flexibility index (Phi) is 5.43. The van der Waals surface area contributed by atoms with Crippen molar-refractivity contribution >= 4 is 11.6 Å². The number of hydrogen-bond acceptors (Lipinski definition) is 5. The zero-order valence-corrected chi connectivity index (χ0v) is 15.7. The van der Waals surface area contributed by atoms with Crippen LogP contribution in [0.5, 0.6) is 0 Å². The van der Waals surface area contributed by atoms with Crippen LogP contribution in [-0.2, 0) is 16.0 Å². The van der Waals surface area contributed by atoms with E-state index in [1.165, 1.54) is 12.8 Å². The van der Waals surface area contributed by atoms with Crippen molar-refractivity contribution in [1.29, 1.82) is 0 Å². The number of likely N-dealkylation sites (tertiary alicyclic amines) is 1. The molecule has 27 heavy (non-hydrogen) atoms. The molecule has 4 heterocycles. The highest BCUT2D eigenvalue weighted by Gasteiger charge is 2.36. The van der Waals surface area contributed by atoms with Gasteiger partial charge in [0.05, 0.1) is 25.5 Å². The molecule has 7 nitrogen and oxygen atoms in total. The number of pyridine rings is 1. The molecule has 1 amide bonds. The summed E-state index contributed by atoms with van der Waals surface area (Å²) >= 11 is 0. The molecule has 2 aliphatic heterocycles. The topological polar surface area (TPSA) is 70.3 Å². The number of rotatable bonds is 5. The quantitative estimate of drug-likeness (QED) is 0.846. The molecule has 2 aromatic rings. The van der Waals surface area contributed by atoms with Crippen LogP contribution in [0.15, 0.2) is 30.6 Å². The number of imidazole rings is 1. The third-order valence-corrected chi connectivity index (χ3v) is 5.44. The number of aromatic nitrogens is 2. The molecule has 2 saturated heterocycles. The SMILES string of the molecule is O=C(CCc1cn2ccccc2n1)N1CCOC[C@](O)(CN2CCCC2)C1. The second kappa shape index (κ2) is 7.96. The van der Waals surface area contributed by atoms with E-state index in [2.05, 4.69) is 9.88 Å². The zero-order chi connectivity index (χ0) is 18.7. The summed E-state index contributed by atoms with van der Waals surface area (Å²) in [6.07, 6.45) is 7.28. The fourth-order valence-corrected chi connectivity index (χ4v) is 4.08. The predicted octanol–water partition coefficient (Wildman–Crippen LogP) is 0.953. The Labute approximate surface area is 159 Å². The largest absolute Gasteiger partial charge is 0.384 e. The van der Waals surface area contributed by atoms with Gasteiger partial charge in [-0.2, -0.15) is 0 Å².